The number of fused-ring (bicyclic) bond motifs is 1. The number of benzene rings is 1. The van der Waals surface area contributed by atoms with E-state index in [0.717, 1.165) is 15.9 Å². The van der Waals surface area contributed by atoms with Crippen LogP contribution < -0.4 is 16.6 Å². The third-order valence-electron chi connectivity index (χ3n) is 4.84. The number of ether oxygens (including phenoxy) is 1. The number of hydrogen-bond donors (Lipinski definition) is 2. The van der Waals surface area contributed by atoms with Crippen molar-refractivity contribution >= 4 is 39.1 Å². The summed E-state index contributed by atoms with van der Waals surface area (Å²) in [6, 6.07) is 7.81. The van der Waals surface area contributed by atoms with Gasteiger partial charge in [0.15, 0.2) is 0 Å². The normalized spacial score (nSPS) is 10.9. The first-order valence-electron chi connectivity index (χ1n) is 9.85. The van der Waals surface area contributed by atoms with Crippen LogP contribution in [0.25, 0.3) is 22.2 Å². The van der Waals surface area contributed by atoms with Gasteiger partial charge in [0.25, 0.3) is 11.5 Å². The van der Waals surface area contributed by atoms with Gasteiger partial charge in [0.1, 0.15) is 16.3 Å². The molecule has 0 bridgehead atoms. The number of carbonyl (C=O) groups is 2. The number of furan rings is 1. The van der Waals surface area contributed by atoms with E-state index in [-0.39, 0.29) is 29.8 Å². The van der Waals surface area contributed by atoms with Crippen LogP contribution in [-0.2, 0) is 11.3 Å². The lowest BCUT2D eigenvalue weighted by molar-refractivity contribution is 0.0529. The van der Waals surface area contributed by atoms with Crippen molar-refractivity contribution < 1.29 is 18.7 Å². The van der Waals surface area contributed by atoms with Crippen molar-refractivity contribution in [3.63, 3.8) is 0 Å². The molecule has 0 aliphatic carbocycles. The highest BCUT2D eigenvalue weighted by Crippen LogP contribution is 2.36. The standard InChI is InChI=1S/C22H19N3O6S/c1-3-25-20(27)13-8-7-12(10-15(13)23-22(25)29)18(26)24-19-17(21(28)30-4-2)14(11-32-19)16-6-5-9-31-16/h5-11H,3-4H2,1-2H3,(H,23,29)(H,24,26). The van der Waals surface area contributed by atoms with Crippen molar-refractivity contribution in [3.05, 3.63) is 73.9 Å². The largest absolute Gasteiger partial charge is 0.464 e. The summed E-state index contributed by atoms with van der Waals surface area (Å²) in [5.74, 6) is -0.621. The van der Waals surface area contributed by atoms with Gasteiger partial charge >= 0.3 is 11.7 Å². The summed E-state index contributed by atoms with van der Waals surface area (Å²) in [4.78, 5) is 52.7. The molecule has 0 aliphatic rings. The lowest BCUT2D eigenvalue weighted by Crippen LogP contribution is -2.34. The van der Waals surface area contributed by atoms with Gasteiger partial charge < -0.3 is 19.5 Å². The Labute approximate surface area is 185 Å². The number of amides is 1. The van der Waals surface area contributed by atoms with E-state index in [0.29, 0.717) is 21.7 Å². The molecule has 2 N–H and O–H groups in total. The summed E-state index contributed by atoms with van der Waals surface area (Å²) in [5, 5.41) is 5.03. The summed E-state index contributed by atoms with van der Waals surface area (Å²) in [5.41, 5.74) is 0.199. The molecule has 0 spiro atoms. The molecule has 3 heterocycles. The SMILES string of the molecule is CCOC(=O)c1c(-c2ccco2)csc1NC(=O)c1ccc2c(=O)n(CC)c(=O)[nH]c2c1. The van der Waals surface area contributed by atoms with Crippen LogP contribution in [0.1, 0.15) is 34.6 Å². The molecule has 32 heavy (non-hydrogen) atoms. The van der Waals surface area contributed by atoms with Crippen LogP contribution in [0.2, 0.25) is 0 Å². The van der Waals surface area contributed by atoms with Crippen LogP contribution in [0.5, 0.6) is 0 Å². The van der Waals surface area contributed by atoms with Crippen LogP contribution in [0.15, 0.2) is 56.0 Å². The van der Waals surface area contributed by atoms with Crippen molar-refractivity contribution in [1.82, 2.24) is 9.55 Å². The number of nitrogens with one attached hydrogen (secondary N) is 2. The van der Waals surface area contributed by atoms with Gasteiger partial charge in [-0.1, -0.05) is 0 Å². The number of thiophene rings is 1. The fourth-order valence-corrected chi connectivity index (χ4v) is 4.26. The van der Waals surface area contributed by atoms with Crippen molar-refractivity contribution in [2.24, 2.45) is 0 Å². The second-order valence-electron chi connectivity index (χ2n) is 6.75. The van der Waals surface area contributed by atoms with E-state index in [1.807, 2.05) is 0 Å². The zero-order valence-electron chi connectivity index (χ0n) is 17.3. The zero-order valence-corrected chi connectivity index (χ0v) is 18.1. The Kier molecular flexibility index (Phi) is 5.78. The molecule has 9 nitrogen and oxygen atoms in total. The van der Waals surface area contributed by atoms with Crippen LogP contribution in [0.3, 0.4) is 0 Å². The number of aromatic amines is 1. The fourth-order valence-electron chi connectivity index (χ4n) is 3.33. The lowest BCUT2D eigenvalue weighted by atomic mass is 10.1. The van der Waals surface area contributed by atoms with Crippen LogP contribution in [-0.4, -0.2) is 28.0 Å². The minimum atomic E-state index is -0.585. The molecule has 4 aromatic rings. The topological polar surface area (TPSA) is 123 Å². The first kappa shape index (κ1) is 21.3. The molecule has 3 aromatic heterocycles. The maximum absolute atomic E-state index is 12.9. The molecule has 0 fully saturated rings. The predicted octanol–water partition coefficient (Wildman–Crippen LogP) is 3.46. The average molecular weight is 453 g/mol. The second-order valence-corrected chi connectivity index (χ2v) is 7.62. The van der Waals surface area contributed by atoms with Gasteiger partial charge in [0.05, 0.1) is 23.8 Å². The van der Waals surface area contributed by atoms with E-state index in [9.17, 15) is 19.2 Å². The molecule has 0 radical (unpaired) electrons. The first-order valence-corrected chi connectivity index (χ1v) is 10.7. The average Bonchev–Trinajstić information content (AvgIpc) is 3.43. The Balaban J connectivity index is 1.71. The highest BCUT2D eigenvalue weighted by atomic mass is 32.1. The number of aromatic nitrogens is 2. The first-order chi connectivity index (χ1) is 15.4. The highest BCUT2D eigenvalue weighted by Gasteiger charge is 2.24. The van der Waals surface area contributed by atoms with Crippen molar-refractivity contribution in [3.8, 4) is 11.3 Å². The smallest absolute Gasteiger partial charge is 0.341 e. The molecule has 1 amide bonds. The van der Waals surface area contributed by atoms with Gasteiger partial charge in [0.2, 0.25) is 0 Å². The van der Waals surface area contributed by atoms with E-state index in [2.05, 4.69) is 10.3 Å². The van der Waals surface area contributed by atoms with Crippen molar-refractivity contribution in [2.45, 2.75) is 20.4 Å². The van der Waals surface area contributed by atoms with Gasteiger partial charge in [-0.3, -0.25) is 14.2 Å². The molecule has 4 rings (SSSR count). The van der Waals surface area contributed by atoms with Crippen LogP contribution >= 0.6 is 11.3 Å². The molecule has 1 aromatic carbocycles. The minimum absolute atomic E-state index is 0.174. The molecule has 10 heteroatoms. The molecule has 164 valence electrons. The molecule has 0 aliphatic heterocycles. The number of esters is 1. The van der Waals surface area contributed by atoms with Gasteiger partial charge in [0, 0.05) is 23.1 Å². The molecule has 0 unspecified atom stereocenters. The number of H-pyrrole nitrogens is 1. The van der Waals surface area contributed by atoms with E-state index >= 15 is 0 Å². The lowest BCUT2D eigenvalue weighted by Gasteiger charge is -2.09. The Morgan fingerprint density at radius 2 is 2.03 bits per heavy atom. The van der Waals surface area contributed by atoms with Crippen LogP contribution in [0, 0.1) is 0 Å². The molecule has 0 saturated carbocycles. The number of carbonyl (C=O) groups excluding carboxylic acids is 2. The third-order valence-corrected chi connectivity index (χ3v) is 5.74. The van der Waals surface area contributed by atoms with Gasteiger partial charge in [-0.05, 0) is 44.2 Å². The summed E-state index contributed by atoms with van der Waals surface area (Å²) in [6.07, 6.45) is 1.49. The summed E-state index contributed by atoms with van der Waals surface area (Å²) < 4.78 is 11.6. The summed E-state index contributed by atoms with van der Waals surface area (Å²) in [6.45, 7) is 3.80. The molecular formula is C22H19N3O6S. The van der Waals surface area contributed by atoms with E-state index in [4.69, 9.17) is 9.15 Å². The van der Waals surface area contributed by atoms with E-state index in [1.54, 1.807) is 31.4 Å². The molecule has 0 atom stereocenters. The fraction of sp³-hybridized carbons (Fsp3) is 0.182. The monoisotopic (exact) mass is 453 g/mol. The Morgan fingerprint density at radius 3 is 2.72 bits per heavy atom. The Hall–Kier alpha value is -3.92. The summed E-state index contributed by atoms with van der Waals surface area (Å²) in [7, 11) is 0. The van der Waals surface area contributed by atoms with Gasteiger partial charge in [-0.25, -0.2) is 9.59 Å². The zero-order chi connectivity index (χ0) is 22.8. The quantitative estimate of drug-likeness (QED) is 0.431. The van der Waals surface area contributed by atoms with Crippen molar-refractivity contribution in [1.29, 1.82) is 0 Å². The maximum atomic E-state index is 12.9. The van der Waals surface area contributed by atoms with Gasteiger partial charge in [-0.15, -0.1) is 11.3 Å². The third kappa shape index (κ3) is 3.76. The second kappa shape index (κ2) is 8.67. The molecule has 0 saturated heterocycles. The Bertz CT molecular complexity index is 1430. The Morgan fingerprint density at radius 1 is 1.22 bits per heavy atom. The predicted molar refractivity (Wildman–Crippen MR) is 120 cm³/mol. The minimum Gasteiger partial charge on any atom is -0.464 e. The van der Waals surface area contributed by atoms with Crippen molar-refractivity contribution in [2.75, 3.05) is 11.9 Å². The van der Waals surface area contributed by atoms with E-state index < -0.39 is 23.1 Å². The number of anilines is 1. The summed E-state index contributed by atoms with van der Waals surface area (Å²) >= 11 is 1.16. The molecular weight excluding hydrogens is 434 g/mol. The maximum Gasteiger partial charge on any atom is 0.341 e. The number of hydrogen-bond acceptors (Lipinski definition) is 7. The van der Waals surface area contributed by atoms with Crippen LogP contribution in [0.4, 0.5) is 5.00 Å². The van der Waals surface area contributed by atoms with Gasteiger partial charge in [-0.2, -0.15) is 0 Å². The number of nitrogens with zero attached hydrogens (tertiary/aromatic N) is 1. The number of rotatable bonds is 6. The highest BCUT2D eigenvalue weighted by molar-refractivity contribution is 7.15. The van der Waals surface area contributed by atoms with E-state index in [1.165, 1.54) is 24.5 Å².